The second-order valence-corrected chi connectivity index (χ2v) is 6.39. The molecular formula is C20H21N3O4. The Hall–Kier alpha value is -3.35. The van der Waals surface area contributed by atoms with Crippen LogP contribution in [0.3, 0.4) is 0 Å². The van der Waals surface area contributed by atoms with E-state index in [2.05, 4.69) is 10.6 Å². The van der Waals surface area contributed by atoms with Crippen LogP contribution >= 0.6 is 0 Å². The van der Waals surface area contributed by atoms with Crippen molar-refractivity contribution >= 4 is 23.6 Å². The van der Waals surface area contributed by atoms with Crippen molar-refractivity contribution in [3.63, 3.8) is 0 Å². The molecule has 1 heterocycles. The number of nitrogens with one attached hydrogen (secondary N) is 2. The summed E-state index contributed by atoms with van der Waals surface area (Å²) in [5.74, 6) is -1.43. The molecule has 3 amide bonds. The molecule has 0 unspecified atom stereocenters. The Balaban J connectivity index is 1.59. The summed E-state index contributed by atoms with van der Waals surface area (Å²) in [6.07, 6.45) is 2.06. The number of carbonyl (C=O) groups excluding carboxylic acids is 2. The van der Waals surface area contributed by atoms with Gasteiger partial charge in [0.25, 0.3) is 5.91 Å². The van der Waals surface area contributed by atoms with E-state index < -0.39 is 5.97 Å². The smallest absolute Gasteiger partial charge is 0.335 e. The van der Waals surface area contributed by atoms with Crippen LogP contribution in [-0.2, 0) is 6.54 Å². The minimum absolute atomic E-state index is 0.0641. The van der Waals surface area contributed by atoms with Crippen molar-refractivity contribution in [1.29, 1.82) is 0 Å². The van der Waals surface area contributed by atoms with Crippen LogP contribution in [0.2, 0.25) is 0 Å². The Morgan fingerprint density at radius 1 is 0.963 bits per heavy atom. The van der Waals surface area contributed by atoms with Crippen LogP contribution in [0.5, 0.6) is 0 Å². The molecule has 0 aliphatic carbocycles. The SMILES string of the molecule is O=C(O)c1cccc(C(=O)NCc2cccc(NC(=O)N3CCCC3)c2)c1. The fourth-order valence-electron chi connectivity index (χ4n) is 2.96. The molecule has 1 saturated heterocycles. The van der Waals surface area contributed by atoms with Crippen LogP contribution in [0.4, 0.5) is 10.5 Å². The molecule has 1 aliphatic rings. The van der Waals surface area contributed by atoms with Gasteiger partial charge in [0.1, 0.15) is 0 Å². The summed E-state index contributed by atoms with van der Waals surface area (Å²) in [4.78, 5) is 37.2. The quantitative estimate of drug-likeness (QED) is 0.757. The lowest BCUT2D eigenvalue weighted by Crippen LogP contribution is -2.32. The number of carboxylic acid groups (broad SMARTS) is 1. The molecule has 3 N–H and O–H groups in total. The highest BCUT2D eigenvalue weighted by molar-refractivity contribution is 5.97. The topological polar surface area (TPSA) is 98.7 Å². The summed E-state index contributed by atoms with van der Waals surface area (Å²) in [5, 5.41) is 14.6. The molecule has 2 aromatic carbocycles. The average Bonchev–Trinajstić information content (AvgIpc) is 3.21. The van der Waals surface area contributed by atoms with Crippen molar-refractivity contribution in [1.82, 2.24) is 10.2 Å². The van der Waals surface area contributed by atoms with E-state index in [0.29, 0.717) is 5.69 Å². The van der Waals surface area contributed by atoms with E-state index in [4.69, 9.17) is 5.11 Å². The first-order valence-corrected chi connectivity index (χ1v) is 8.79. The van der Waals surface area contributed by atoms with Crippen LogP contribution in [0, 0.1) is 0 Å². The summed E-state index contributed by atoms with van der Waals surface area (Å²) >= 11 is 0. The van der Waals surface area contributed by atoms with E-state index in [1.807, 2.05) is 18.2 Å². The number of aromatic carboxylic acids is 1. The lowest BCUT2D eigenvalue weighted by molar-refractivity contribution is 0.0697. The van der Waals surface area contributed by atoms with Crippen molar-refractivity contribution in [2.24, 2.45) is 0 Å². The highest BCUT2D eigenvalue weighted by atomic mass is 16.4. The van der Waals surface area contributed by atoms with E-state index in [1.54, 1.807) is 17.0 Å². The van der Waals surface area contributed by atoms with Gasteiger partial charge in [0.05, 0.1) is 5.56 Å². The minimum atomic E-state index is -1.08. The zero-order chi connectivity index (χ0) is 19.2. The second-order valence-electron chi connectivity index (χ2n) is 6.39. The van der Waals surface area contributed by atoms with E-state index in [0.717, 1.165) is 31.5 Å². The fraction of sp³-hybridized carbons (Fsp3) is 0.250. The van der Waals surface area contributed by atoms with E-state index in [1.165, 1.54) is 18.2 Å². The van der Waals surface area contributed by atoms with Gasteiger partial charge in [-0.1, -0.05) is 18.2 Å². The number of amides is 3. The number of nitrogens with zero attached hydrogens (tertiary/aromatic N) is 1. The van der Waals surface area contributed by atoms with Gasteiger partial charge in [0.2, 0.25) is 0 Å². The monoisotopic (exact) mass is 367 g/mol. The molecule has 1 fully saturated rings. The molecule has 140 valence electrons. The van der Waals surface area contributed by atoms with Crippen molar-refractivity contribution in [2.75, 3.05) is 18.4 Å². The Kier molecular flexibility index (Phi) is 5.71. The maximum Gasteiger partial charge on any atom is 0.335 e. The van der Waals surface area contributed by atoms with Crippen LogP contribution in [0.25, 0.3) is 0 Å². The van der Waals surface area contributed by atoms with Crippen molar-refractivity contribution in [2.45, 2.75) is 19.4 Å². The van der Waals surface area contributed by atoms with Gasteiger partial charge in [-0.3, -0.25) is 4.79 Å². The van der Waals surface area contributed by atoms with Crippen LogP contribution in [0.15, 0.2) is 48.5 Å². The molecule has 0 atom stereocenters. The molecule has 7 heteroatoms. The highest BCUT2D eigenvalue weighted by Crippen LogP contribution is 2.14. The Bertz CT molecular complexity index is 860. The number of carbonyl (C=O) groups is 3. The molecule has 3 rings (SSSR count). The standard InChI is InChI=1S/C20H21N3O4/c24-18(15-6-4-7-16(12-15)19(25)26)21-13-14-5-3-8-17(11-14)22-20(27)23-9-1-2-10-23/h3-8,11-12H,1-2,9-10,13H2,(H,21,24)(H,22,27)(H,25,26). The van der Waals surface area contributed by atoms with Gasteiger partial charge < -0.3 is 20.6 Å². The normalized spacial score (nSPS) is 13.3. The van der Waals surface area contributed by atoms with Crippen molar-refractivity contribution in [3.05, 3.63) is 65.2 Å². The summed E-state index contributed by atoms with van der Waals surface area (Å²) in [6, 6.07) is 13.0. The molecule has 0 spiro atoms. The van der Waals surface area contributed by atoms with Crippen molar-refractivity contribution < 1.29 is 19.5 Å². The third kappa shape index (κ3) is 4.84. The van der Waals surface area contributed by atoms with Crippen LogP contribution < -0.4 is 10.6 Å². The number of carboxylic acids is 1. The zero-order valence-corrected chi connectivity index (χ0v) is 14.8. The van der Waals surface area contributed by atoms with E-state index in [-0.39, 0.29) is 29.6 Å². The molecule has 27 heavy (non-hydrogen) atoms. The van der Waals surface area contributed by atoms with E-state index >= 15 is 0 Å². The molecule has 0 aromatic heterocycles. The van der Waals surface area contributed by atoms with Crippen LogP contribution in [-0.4, -0.2) is 41.0 Å². The third-order valence-corrected chi connectivity index (χ3v) is 4.40. The maximum absolute atomic E-state index is 12.2. The summed E-state index contributed by atoms with van der Waals surface area (Å²) in [6.45, 7) is 1.82. The second kappa shape index (κ2) is 8.35. The predicted octanol–water partition coefficient (Wildman–Crippen LogP) is 2.94. The summed E-state index contributed by atoms with van der Waals surface area (Å²) in [5.41, 5.74) is 1.85. The molecular weight excluding hydrogens is 346 g/mol. The van der Waals surface area contributed by atoms with Gasteiger partial charge in [-0.25, -0.2) is 9.59 Å². The van der Waals surface area contributed by atoms with Crippen molar-refractivity contribution in [3.8, 4) is 0 Å². The molecule has 0 bridgehead atoms. The van der Waals surface area contributed by atoms with Gasteiger partial charge in [-0.15, -0.1) is 0 Å². The molecule has 1 aliphatic heterocycles. The Morgan fingerprint density at radius 3 is 2.41 bits per heavy atom. The zero-order valence-electron chi connectivity index (χ0n) is 14.8. The number of hydrogen-bond acceptors (Lipinski definition) is 3. The van der Waals surface area contributed by atoms with Gasteiger partial charge in [0, 0.05) is 30.9 Å². The van der Waals surface area contributed by atoms with Gasteiger partial charge >= 0.3 is 12.0 Å². The number of rotatable bonds is 5. The third-order valence-electron chi connectivity index (χ3n) is 4.40. The summed E-state index contributed by atoms with van der Waals surface area (Å²) in [7, 11) is 0. The first-order chi connectivity index (χ1) is 13.0. The number of hydrogen-bond donors (Lipinski definition) is 3. The number of anilines is 1. The fourth-order valence-corrected chi connectivity index (χ4v) is 2.96. The van der Waals surface area contributed by atoms with Gasteiger partial charge in [-0.2, -0.15) is 0 Å². The first-order valence-electron chi connectivity index (χ1n) is 8.79. The lowest BCUT2D eigenvalue weighted by Gasteiger charge is -2.16. The summed E-state index contributed by atoms with van der Waals surface area (Å²) < 4.78 is 0. The molecule has 0 radical (unpaired) electrons. The van der Waals surface area contributed by atoms with Gasteiger partial charge in [-0.05, 0) is 48.7 Å². The molecule has 0 saturated carbocycles. The Morgan fingerprint density at radius 2 is 1.67 bits per heavy atom. The maximum atomic E-state index is 12.2. The molecule has 7 nitrogen and oxygen atoms in total. The minimum Gasteiger partial charge on any atom is -0.478 e. The predicted molar refractivity (Wildman–Crippen MR) is 101 cm³/mol. The van der Waals surface area contributed by atoms with Crippen LogP contribution in [0.1, 0.15) is 39.1 Å². The number of urea groups is 1. The average molecular weight is 367 g/mol. The Labute approximate surface area is 157 Å². The number of benzene rings is 2. The molecule has 2 aromatic rings. The number of likely N-dealkylation sites (tertiary alicyclic amines) is 1. The largest absolute Gasteiger partial charge is 0.478 e. The van der Waals surface area contributed by atoms with E-state index in [9.17, 15) is 14.4 Å². The first kappa shape index (κ1) is 18.4. The lowest BCUT2D eigenvalue weighted by atomic mass is 10.1. The highest BCUT2D eigenvalue weighted by Gasteiger charge is 2.17. The van der Waals surface area contributed by atoms with Gasteiger partial charge in [0.15, 0.2) is 0 Å².